The van der Waals surface area contributed by atoms with Crippen LogP contribution in [-0.4, -0.2) is 46.1 Å². The lowest BCUT2D eigenvalue weighted by Crippen LogP contribution is -2.38. The summed E-state index contributed by atoms with van der Waals surface area (Å²) in [4.78, 5) is 21.5. The molecule has 0 aliphatic heterocycles. The van der Waals surface area contributed by atoms with Gasteiger partial charge in [-0.2, -0.15) is 0 Å². The molecule has 0 bridgehead atoms. The second-order valence-electron chi connectivity index (χ2n) is 11.4. The normalized spacial score (nSPS) is 17.5. The number of aryl methyl sites for hydroxylation is 1. The predicted octanol–water partition coefficient (Wildman–Crippen LogP) is 6.46. The van der Waals surface area contributed by atoms with E-state index in [0.717, 1.165) is 23.8 Å². The number of carbonyl (C=O) groups excluding carboxylic acids is 1. The molecule has 0 spiro atoms. The molecule has 1 saturated carbocycles. The smallest absolute Gasteiger partial charge is 0.407 e. The number of rotatable bonds is 6. The van der Waals surface area contributed by atoms with E-state index in [-0.39, 0.29) is 17.0 Å². The quantitative estimate of drug-likeness (QED) is 0.263. The van der Waals surface area contributed by atoms with Gasteiger partial charge in [0.15, 0.2) is 0 Å². The van der Waals surface area contributed by atoms with Gasteiger partial charge in [-0.15, -0.1) is 0 Å². The van der Waals surface area contributed by atoms with Crippen molar-refractivity contribution in [3.8, 4) is 11.3 Å². The lowest BCUT2D eigenvalue weighted by molar-refractivity contribution is 0.0505. The number of ether oxygens (including phenoxy) is 1. The topological polar surface area (TPSA) is 115 Å². The second-order valence-corrected chi connectivity index (χ2v) is 13.6. The molecule has 1 fully saturated rings. The number of nitrogens with zero attached hydrogens (tertiary/aromatic N) is 3. The average Bonchev–Trinajstić information content (AvgIpc) is 3.45. The number of hydrogen-bond donors (Lipinski definition) is 2. The minimum absolute atomic E-state index is 0.0266. The third-order valence-electron chi connectivity index (χ3n) is 7.09. The summed E-state index contributed by atoms with van der Waals surface area (Å²) < 4.78 is 34.4. The first-order chi connectivity index (χ1) is 19.3. The molecule has 2 aromatic heterocycles. The summed E-state index contributed by atoms with van der Waals surface area (Å²) in [6.07, 6.45) is 3.39. The lowest BCUT2D eigenvalue weighted by atomic mass is 10.1. The molecule has 1 aliphatic rings. The zero-order valence-electron chi connectivity index (χ0n) is 23.7. The highest BCUT2D eigenvalue weighted by molar-refractivity contribution is 7.90. The summed E-state index contributed by atoms with van der Waals surface area (Å²) >= 11 is 6.64. The first-order valence-electron chi connectivity index (χ1n) is 13.5. The van der Waals surface area contributed by atoms with E-state index < -0.39 is 21.7 Å². The number of alkyl carbamates (subject to hydrolysis) is 1. The molecule has 2 aromatic carbocycles. The number of hydrogen-bond acceptors (Lipinski definition) is 7. The number of fused-ring (bicyclic) bond motifs is 1. The fourth-order valence-electron chi connectivity index (χ4n) is 5.28. The van der Waals surface area contributed by atoms with Gasteiger partial charge in [0, 0.05) is 28.7 Å². The van der Waals surface area contributed by atoms with Crippen molar-refractivity contribution in [2.75, 3.05) is 5.32 Å². The highest BCUT2D eigenvalue weighted by atomic mass is 35.5. The van der Waals surface area contributed by atoms with Crippen molar-refractivity contribution in [1.29, 1.82) is 0 Å². The molecule has 4 aromatic rings. The van der Waals surface area contributed by atoms with Crippen LogP contribution in [0.1, 0.15) is 51.3 Å². The first kappa shape index (κ1) is 28.9. The number of aromatic nitrogens is 3. The minimum atomic E-state index is -3.90. The Hall–Kier alpha value is -3.63. The summed E-state index contributed by atoms with van der Waals surface area (Å²) in [6, 6.07) is 14.1. The Labute approximate surface area is 245 Å². The Morgan fingerprint density at radius 3 is 2.44 bits per heavy atom. The van der Waals surface area contributed by atoms with Gasteiger partial charge in [-0.3, -0.25) is 0 Å². The van der Waals surface area contributed by atoms with E-state index in [1.807, 2.05) is 45.9 Å². The summed E-state index contributed by atoms with van der Waals surface area (Å²) in [5.74, 6) is 0.380. The number of anilines is 1. The molecule has 5 rings (SSSR count). The Balaban J connectivity index is 1.45. The Bertz CT molecular complexity index is 1710. The molecule has 2 N–H and O–H groups in total. The maximum absolute atomic E-state index is 13.8. The average molecular weight is 596 g/mol. The van der Waals surface area contributed by atoms with E-state index in [1.54, 1.807) is 37.3 Å². The van der Waals surface area contributed by atoms with Crippen LogP contribution in [-0.2, 0) is 14.8 Å². The molecule has 41 heavy (non-hydrogen) atoms. The Morgan fingerprint density at radius 1 is 1.05 bits per heavy atom. The number of para-hydroxylation sites is 1. The van der Waals surface area contributed by atoms with Crippen LogP contribution in [0.2, 0.25) is 5.02 Å². The largest absolute Gasteiger partial charge is 0.444 e. The van der Waals surface area contributed by atoms with Gasteiger partial charge in [0.25, 0.3) is 10.0 Å². The van der Waals surface area contributed by atoms with Crippen molar-refractivity contribution in [3.63, 3.8) is 0 Å². The van der Waals surface area contributed by atoms with Crippen molar-refractivity contribution >= 4 is 44.6 Å². The molecule has 0 radical (unpaired) electrons. The third kappa shape index (κ3) is 6.04. The van der Waals surface area contributed by atoms with Crippen LogP contribution in [0.4, 0.5) is 10.7 Å². The van der Waals surface area contributed by atoms with Crippen molar-refractivity contribution in [3.05, 3.63) is 71.0 Å². The molecule has 11 heteroatoms. The molecular formula is C30H34ClN5O4S. The van der Waals surface area contributed by atoms with Crippen molar-refractivity contribution in [1.82, 2.24) is 19.3 Å². The van der Waals surface area contributed by atoms with Crippen LogP contribution >= 0.6 is 11.6 Å². The van der Waals surface area contributed by atoms with E-state index in [0.29, 0.717) is 39.9 Å². The molecule has 9 nitrogen and oxygen atoms in total. The van der Waals surface area contributed by atoms with E-state index in [1.165, 1.54) is 10.2 Å². The number of amides is 1. The molecular weight excluding hydrogens is 562 g/mol. The molecule has 1 aliphatic carbocycles. The second kappa shape index (κ2) is 11.0. The van der Waals surface area contributed by atoms with Gasteiger partial charge in [0.1, 0.15) is 5.60 Å². The van der Waals surface area contributed by atoms with Gasteiger partial charge < -0.3 is 15.4 Å². The van der Waals surface area contributed by atoms with E-state index in [9.17, 15) is 13.2 Å². The Morgan fingerprint density at radius 2 is 1.73 bits per heavy atom. The molecule has 2 heterocycles. The first-order valence-corrected chi connectivity index (χ1v) is 15.4. The number of nitrogens with one attached hydrogen (secondary N) is 2. The van der Waals surface area contributed by atoms with Crippen LogP contribution in [0.25, 0.3) is 22.2 Å². The highest BCUT2D eigenvalue weighted by Crippen LogP contribution is 2.39. The van der Waals surface area contributed by atoms with Gasteiger partial charge in [0.2, 0.25) is 5.95 Å². The highest BCUT2D eigenvalue weighted by Gasteiger charge is 2.30. The van der Waals surface area contributed by atoms with Crippen LogP contribution in [0, 0.1) is 13.8 Å². The number of carbonyl (C=O) groups is 1. The van der Waals surface area contributed by atoms with Crippen LogP contribution < -0.4 is 10.6 Å². The Kier molecular flexibility index (Phi) is 7.74. The fourth-order valence-corrected chi connectivity index (χ4v) is 7.02. The minimum Gasteiger partial charge on any atom is -0.444 e. The lowest BCUT2D eigenvalue weighted by Gasteiger charge is -2.21. The van der Waals surface area contributed by atoms with E-state index in [2.05, 4.69) is 15.6 Å². The molecule has 0 saturated heterocycles. The summed E-state index contributed by atoms with van der Waals surface area (Å²) in [5, 5.41) is 7.33. The van der Waals surface area contributed by atoms with Crippen LogP contribution in [0.5, 0.6) is 0 Å². The molecule has 2 atom stereocenters. The van der Waals surface area contributed by atoms with Gasteiger partial charge in [0.05, 0.1) is 27.3 Å². The van der Waals surface area contributed by atoms with Crippen molar-refractivity contribution < 1.29 is 17.9 Å². The fraction of sp³-hybridized carbons (Fsp3) is 0.367. The zero-order chi connectivity index (χ0) is 29.5. The van der Waals surface area contributed by atoms with Gasteiger partial charge in [-0.25, -0.2) is 27.2 Å². The van der Waals surface area contributed by atoms with Gasteiger partial charge in [-0.05, 0) is 72.1 Å². The zero-order valence-corrected chi connectivity index (χ0v) is 25.3. The monoisotopic (exact) mass is 595 g/mol. The third-order valence-corrected chi connectivity index (χ3v) is 9.18. The van der Waals surface area contributed by atoms with Gasteiger partial charge in [-0.1, -0.05) is 47.5 Å². The molecule has 1 unspecified atom stereocenters. The summed E-state index contributed by atoms with van der Waals surface area (Å²) in [7, 11) is -3.90. The van der Waals surface area contributed by atoms with Crippen LogP contribution in [0.3, 0.4) is 0 Å². The SMILES string of the molecule is Cc1ccc(S(=O)(=O)n2c(C)c(-c3nc(NC4CC[C@@H](NC(=O)OC(C)(C)C)C4)ncc3Cl)c3ccccc32)cc1. The summed E-state index contributed by atoms with van der Waals surface area (Å²) in [6.45, 7) is 9.17. The molecule has 1 amide bonds. The number of halogens is 1. The predicted molar refractivity (Wildman–Crippen MR) is 161 cm³/mol. The van der Waals surface area contributed by atoms with Crippen molar-refractivity contribution in [2.45, 2.75) is 76.5 Å². The number of benzene rings is 2. The molecule has 216 valence electrons. The maximum atomic E-state index is 13.8. The standard InChI is InChI=1S/C30H34ClN5O4S/c1-18-10-14-22(15-11-18)41(38,39)36-19(2)26(23-8-6-7-9-25(23)36)27-24(31)17-32-28(35-27)33-20-12-13-21(16-20)34-29(37)40-30(3,4)5/h6-11,14-15,17,20-21H,12-13,16H2,1-5H3,(H,34,37)(H,32,33,35)/t20?,21-/m1/s1. The summed E-state index contributed by atoms with van der Waals surface area (Å²) in [5.41, 5.74) is 2.52. The van der Waals surface area contributed by atoms with E-state index >= 15 is 0 Å². The maximum Gasteiger partial charge on any atom is 0.407 e. The van der Waals surface area contributed by atoms with Crippen molar-refractivity contribution in [2.24, 2.45) is 0 Å². The van der Waals surface area contributed by atoms with Crippen LogP contribution in [0.15, 0.2) is 59.6 Å². The van der Waals surface area contributed by atoms with Gasteiger partial charge >= 0.3 is 6.09 Å². The van der Waals surface area contributed by atoms with E-state index in [4.69, 9.17) is 21.3 Å².